The minimum Gasteiger partial charge on any atom is -0.369 e. The van der Waals surface area contributed by atoms with Crippen molar-refractivity contribution in [3.05, 3.63) is 0 Å². The number of Topliss-reactive ketones (excluding diaryl/α,β-unsaturated/α-hetero) is 1. The van der Waals surface area contributed by atoms with Crippen LogP contribution in [0.4, 0.5) is 0 Å². The summed E-state index contributed by atoms with van der Waals surface area (Å²) in [5.74, 6) is 0.0980. The summed E-state index contributed by atoms with van der Waals surface area (Å²) in [7, 11) is 0. The Morgan fingerprint density at radius 1 is 1.88 bits per heavy atom. The molecule has 0 aromatic heterocycles. The van der Waals surface area contributed by atoms with Crippen molar-refractivity contribution in [2.75, 3.05) is 6.61 Å². The van der Waals surface area contributed by atoms with E-state index in [2.05, 4.69) is 12.6 Å². The van der Waals surface area contributed by atoms with Crippen molar-refractivity contribution >= 4 is 18.4 Å². The molecule has 0 N–H and O–H groups in total. The zero-order valence-electron chi connectivity index (χ0n) is 4.63. The van der Waals surface area contributed by atoms with Crippen molar-refractivity contribution in [1.29, 1.82) is 0 Å². The Bertz CT molecular complexity index is 113. The van der Waals surface area contributed by atoms with Crippen molar-refractivity contribution < 1.29 is 9.53 Å². The van der Waals surface area contributed by atoms with E-state index in [0.717, 1.165) is 0 Å². The molecule has 0 saturated carbocycles. The maximum atomic E-state index is 10.6. The highest BCUT2D eigenvalue weighted by Crippen LogP contribution is 2.14. The molecular formula is C5H8O2S. The van der Waals surface area contributed by atoms with Crippen LogP contribution >= 0.6 is 12.6 Å². The Morgan fingerprint density at radius 2 is 2.50 bits per heavy atom. The van der Waals surface area contributed by atoms with Gasteiger partial charge in [-0.05, 0) is 6.92 Å². The van der Waals surface area contributed by atoms with Gasteiger partial charge < -0.3 is 4.74 Å². The molecule has 0 bridgehead atoms. The van der Waals surface area contributed by atoms with Crippen molar-refractivity contribution in [1.82, 2.24) is 0 Å². The van der Waals surface area contributed by atoms with Gasteiger partial charge in [0.1, 0.15) is 6.61 Å². The maximum absolute atomic E-state index is 10.6. The molecule has 0 spiro atoms. The van der Waals surface area contributed by atoms with Crippen LogP contribution in [0, 0.1) is 0 Å². The van der Waals surface area contributed by atoms with Crippen LogP contribution in [0.25, 0.3) is 0 Å². The first-order valence-corrected chi connectivity index (χ1v) is 3.06. The zero-order valence-corrected chi connectivity index (χ0v) is 5.52. The van der Waals surface area contributed by atoms with Crippen molar-refractivity contribution in [3.63, 3.8) is 0 Å². The normalized spacial score (nSPS) is 38.5. The predicted molar refractivity (Wildman–Crippen MR) is 33.2 cm³/mol. The topological polar surface area (TPSA) is 26.3 Å². The number of hydrogen-bond acceptors (Lipinski definition) is 3. The molecule has 1 rings (SSSR count). The molecule has 1 aliphatic heterocycles. The fourth-order valence-corrected chi connectivity index (χ4v) is 0.812. The molecule has 0 aromatic carbocycles. The second-order valence-corrected chi connectivity index (χ2v) is 2.48. The first-order chi connectivity index (χ1) is 3.72. The van der Waals surface area contributed by atoms with Crippen LogP contribution in [0.3, 0.4) is 0 Å². The summed E-state index contributed by atoms with van der Waals surface area (Å²) >= 11 is 4.01. The minimum absolute atomic E-state index is 0.00540. The molecule has 0 radical (unpaired) electrons. The Balaban J connectivity index is 2.56. The van der Waals surface area contributed by atoms with Crippen LogP contribution in [0.1, 0.15) is 6.92 Å². The molecule has 3 heteroatoms. The van der Waals surface area contributed by atoms with E-state index >= 15 is 0 Å². The summed E-state index contributed by atoms with van der Waals surface area (Å²) in [6, 6.07) is 0. The second-order valence-electron chi connectivity index (χ2n) is 1.93. The Morgan fingerprint density at radius 3 is 2.62 bits per heavy atom. The number of ketones is 1. The summed E-state index contributed by atoms with van der Waals surface area (Å²) < 4.78 is 4.95. The highest BCUT2D eigenvalue weighted by Gasteiger charge is 2.28. The van der Waals surface area contributed by atoms with E-state index in [4.69, 9.17) is 4.74 Å². The highest BCUT2D eigenvalue weighted by molar-refractivity contribution is 7.81. The third-order valence-electron chi connectivity index (χ3n) is 1.26. The van der Waals surface area contributed by atoms with Crippen LogP contribution in [0.15, 0.2) is 0 Å². The van der Waals surface area contributed by atoms with Crippen LogP contribution in [-0.2, 0) is 9.53 Å². The van der Waals surface area contributed by atoms with Gasteiger partial charge in [0.05, 0.1) is 11.4 Å². The molecule has 2 unspecified atom stereocenters. The number of rotatable bonds is 0. The SMILES string of the molecule is CC1OCC(=O)C1S. The first kappa shape index (κ1) is 6.11. The largest absolute Gasteiger partial charge is 0.369 e. The molecular weight excluding hydrogens is 124 g/mol. The van der Waals surface area contributed by atoms with Gasteiger partial charge in [-0.2, -0.15) is 12.6 Å². The monoisotopic (exact) mass is 132 g/mol. The van der Waals surface area contributed by atoms with E-state index in [1.165, 1.54) is 0 Å². The van der Waals surface area contributed by atoms with Gasteiger partial charge in [-0.1, -0.05) is 0 Å². The third-order valence-corrected chi connectivity index (χ3v) is 1.97. The molecule has 1 fully saturated rings. The van der Waals surface area contributed by atoms with E-state index < -0.39 is 0 Å². The number of hydrogen-bond donors (Lipinski definition) is 1. The van der Waals surface area contributed by atoms with E-state index in [1.807, 2.05) is 6.92 Å². The van der Waals surface area contributed by atoms with Gasteiger partial charge >= 0.3 is 0 Å². The number of ether oxygens (including phenoxy) is 1. The van der Waals surface area contributed by atoms with Crippen molar-refractivity contribution in [2.45, 2.75) is 18.3 Å². The molecule has 8 heavy (non-hydrogen) atoms. The van der Waals surface area contributed by atoms with E-state index in [0.29, 0.717) is 0 Å². The lowest BCUT2D eigenvalue weighted by Gasteiger charge is -2.01. The molecule has 1 aliphatic rings. The first-order valence-electron chi connectivity index (χ1n) is 2.54. The van der Waals surface area contributed by atoms with Gasteiger partial charge in [-0.15, -0.1) is 0 Å². The molecule has 0 aliphatic carbocycles. The van der Waals surface area contributed by atoms with Crippen LogP contribution in [0.5, 0.6) is 0 Å². The number of carbonyl (C=O) groups is 1. The molecule has 1 heterocycles. The third kappa shape index (κ3) is 0.880. The van der Waals surface area contributed by atoms with Crippen LogP contribution in [-0.4, -0.2) is 23.7 Å². The van der Waals surface area contributed by atoms with Crippen molar-refractivity contribution in [3.8, 4) is 0 Å². The molecule has 2 atom stereocenters. The molecule has 46 valence electrons. The van der Waals surface area contributed by atoms with E-state index in [1.54, 1.807) is 0 Å². The lowest BCUT2D eigenvalue weighted by atomic mass is 10.2. The van der Waals surface area contributed by atoms with Crippen LogP contribution in [0.2, 0.25) is 0 Å². The molecule has 1 saturated heterocycles. The van der Waals surface area contributed by atoms with Gasteiger partial charge in [0, 0.05) is 0 Å². The van der Waals surface area contributed by atoms with Crippen LogP contribution < -0.4 is 0 Å². The predicted octanol–water partition coefficient (Wildman–Crippen LogP) is 0.273. The minimum atomic E-state index is -0.185. The average Bonchev–Trinajstić information content (AvgIpc) is 1.98. The van der Waals surface area contributed by atoms with Gasteiger partial charge in [-0.25, -0.2) is 0 Å². The summed E-state index contributed by atoms with van der Waals surface area (Å²) in [5.41, 5.74) is 0. The summed E-state index contributed by atoms with van der Waals surface area (Å²) in [6.07, 6.45) is 0.00540. The number of thiol groups is 1. The summed E-state index contributed by atoms with van der Waals surface area (Å²) in [6.45, 7) is 2.10. The second kappa shape index (κ2) is 2.07. The lowest BCUT2D eigenvalue weighted by Crippen LogP contribution is -2.16. The molecule has 2 nitrogen and oxygen atoms in total. The fraction of sp³-hybridized carbons (Fsp3) is 0.800. The van der Waals surface area contributed by atoms with Gasteiger partial charge in [0.15, 0.2) is 5.78 Å². The standard InChI is InChI=1S/C5H8O2S/c1-3-5(8)4(6)2-7-3/h3,5,8H,2H2,1H3. The van der Waals surface area contributed by atoms with Gasteiger partial charge in [-0.3, -0.25) is 4.79 Å². The lowest BCUT2D eigenvalue weighted by molar-refractivity contribution is -0.117. The zero-order chi connectivity index (χ0) is 6.15. The molecule has 0 amide bonds. The Hall–Kier alpha value is -0.0200. The average molecular weight is 132 g/mol. The van der Waals surface area contributed by atoms with E-state index in [9.17, 15) is 4.79 Å². The summed E-state index contributed by atoms with van der Waals surface area (Å²) in [4.78, 5) is 10.6. The van der Waals surface area contributed by atoms with E-state index in [-0.39, 0.29) is 23.7 Å². The highest BCUT2D eigenvalue weighted by atomic mass is 32.1. The Labute approximate surface area is 53.6 Å². The summed E-state index contributed by atoms with van der Waals surface area (Å²) in [5, 5.41) is -0.185. The maximum Gasteiger partial charge on any atom is 0.173 e. The van der Waals surface area contributed by atoms with Gasteiger partial charge in [0.2, 0.25) is 0 Å². The number of carbonyl (C=O) groups excluding carboxylic acids is 1. The molecule has 0 aromatic rings. The van der Waals surface area contributed by atoms with Gasteiger partial charge in [0.25, 0.3) is 0 Å². The Kier molecular flexibility index (Phi) is 1.58. The fourth-order valence-electron chi connectivity index (χ4n) is 0.652. The quantitative estimate of drug-likeness (QED) is 0.479. The smallest absolute Gasteiger partial charge is 0.173 e. The van der Waals surface area contributed by atoms with Crippen molar-refractivity contribution in [2.24, 2.45) is 0 Å².